The van der Waals surface area contributed by atoms with Gasteiger partial charge in [0.25, 0.3) is 5.91 Å². The van der Waals surface area contributed by atoms with Gasteiger partial charge in [0.15, 0.2) is 6.79 Å². The quantitative estimate of drug-likeness (QED) is 0.943. The number of carbonyl (C=O) groups excluding carboxylic acids is 1. The van der Waals surface area contributed by atoms with Crippen LogP contribution in [0.15, 0.2) is 36.4 Å². The van der Waals surface area contributed by atoms with Crippen molar-refractivity contribution in [3.8, 4) is 5.75 Å². The third-order valence-corrected chi connectivity index (χ3v) is 3.53. The number of benzene rings is 2. The van der Waals surface area contributed by atoms with E-state index in [9.17, 15) is 9.18 Å². The molecule has 0 spiro atoms. The molecule has 0 fully saturated rings. The number of carbonyl (C=O) groups is 1. The highest BCUT2D eigenvalue weighted by Gasteiger charge is 2.17. The molecule has 0 unspecified atom stereocenters. The van der Waals surface area contributed by atoms with Crippen molar-refractivity contribution in [3.63, 3.8) is 0 Å². The molecule has 0 saturated heterocycles. The zero-order valence-electron chi connectivity index (χ0n) is 11.6. The van der Waals surface area contributed by atoms with Gasteiger partial charge < -0.3 is 14.8 Å². The predicted molar refractivity (Wildman–Crippen MR) is 79.3 cm³/mol. The van der Waals surface area contributed by atoms with Crippen LogP contribution in [-0.4, -0.2) is 12.7 Å². The van der Waals surface area contributed by atoms with Crippen LogP contribution in [-0.2, 0) is 17.9 Å². The van der Waals surface area contributed by atoms with Gasteiger partial charge in [-0.15, -0.1) is 0 Å². The molecule has 0 atom stereocenters. The second-order valence-corrected chi connectivity index (χ2v) is 5.26. The van der Waals surface area contributed by atoms with Gasteiger partial charge >= 0.3 is 0 Å². The molecule has 0 aliphatic carbocycles. The summed E-state index contributed by atoms with van der Waals surface area (Å²) in [7, 11) is 0. The highest BCUT2D eigenvalue weighted by molar-refractivity contribution is 6.30. The van der Waals surface area contributed by atoms with Gasteiger partial charge in [0.2, 0.25) is 0 Å². The van der Waals surface area contributed by atoms with Crippen LogP contribution < -0.4 is 10.1 Å². The van der Waals surface area contributed by atoms with Crippen LogP contribution in [0.4, 0.5) is 4.39 Å². The smallest absolute Gasteiger partial charge is 0.254 e. The number of hydrogen-bond donors (Lipinski definition) is 1. The number of amides is 1. The molecule has 3 rings (SSSR count). The molecule has 114 valence electrons. The second-order valence-electron chi connectivity index (χ2n) is 4.83. The number of hydrogen-bond acceptors (Lipinski definition) is 3. The molecule has 22 heavy (non-hydrogen) atoms. The Morgan fingerprint density at radius 1 is 1.32 bits per heavy atom. The van der Waals surface area contributed by atoms with Gasteiger partial charge in [0.05, 0.1) is 12.2 Å². The molecule has 2 aromatic rings. The first kappa shape index (κ1) is 14.8. The van der Waals surface area contributed by atoms with Crippen LogP contribution in [0, 0.1) is 5.82 Å². The van der Waals surface area contributed by atoms with Crippen molar-refractivity contribution < 1.29 is 18.7 Å². The minimum absolute atomic E-state index is 0.00245. The molecule has 0 aromatic heterocycles. The first-order valence-corrected chi connectivity index (χ1v) is 7.07. The van der Waals surface area contributed by atoms with E-state index in [4.69, 9.17) is 21.1 Å². The Balaban J connectivity index is 1.78. The topological polar surface area (TPSA) is 47.6 Å². The number of nitrogens with one attached hydrogen (secondary N) is 1. The first-order valence-electron chi connectivity index (χ1n) is 6.69. The Morgan fingerprint density at radius 2 is 2.14 bits per heavy atom. The monoisotopic (exact) mass is 321 g/mol. The van der Waals surface area contributed by atoms with Crippen LogP contribution in [0.3, 0.4) is 0 Å². The van der Waals surface area contributed by atoms with E-state index in [0.717, 1.165) is 11.1 Å². The summed E-state index contributed by atoms with van der Waals surface area (Å²) in [4.78, 5) is 12.0. The molecule has 1 aliphatic heterocycles. The van der Waals surface area contributed by atoms with Crippen LogP contribution in [0.2, 0.25) is 5.02 Å². The fraction of sp³-hybridized carbons (Fsp3) is 0.188. The van der Waals surface area contributed by atoms with Crippen LogP contribution in [0.25, 0.3) is 0 Å². The van der Waals surface area contributed by atoms with Crippen LogP contribution >= 0.6 is 11.6 Å². The summed E-state index contributed by atoms with van der Waals surface area (Å²) in [6.07, 6.45) is 0. The fourth-order valence-corrected chi connectivity index (χ4v) is 2.57. The number of halogens is 2. The van der Waals surface area contributed by atoms with E-state index in [2.05, 4.69) is 5.32 Å². The number of ether oxygens (including phenoxy) is 2. The molecule has 4 nitrogen and oxygen atoms in total. The second kappa shape index (κ2) is 6.34. The summed E-state index contributed by atoms with van der Waals surface area (Å²) in [6.45, 7) is 0.753. The first-order chi connectivity index (χ1) is 10.6. The maximum Gasteiger partial charge on any atom is 0.254 e. The van der Waals surface area contributed by atoms with Crippen molar-refractivity contribution in [2.75, 3.05) is 6.79 Å². The van der Waals surface area contributed by atoms with Crippen LogP contribution in [0.1, 0.15) is 21.5 Å². The Morgan fingerprint density at radius 3 is 2.95 bits per heavy atom. The maximum atomic E-state index is 13.6. The van der Waals surface area contributed by atoms with E-state index >= 15 is 0 Å². The molecule has 1 aliphatic rings. The molecular formula is C16H13ClFNO3. The van der Waals surface area contributed by atoms with Crippen molar-refractivity contribution in [2.45, 2.75) is 13.2 Å². The van der Waals surface area contributed by atoms with Crippen LogP contribution in [0.5, 0.6) is 5.75 Å². The van der Waals surface area contributed by atoms with E-state index in [-0.39, 0.29) is 18.9 Å². The normalized spacial score (nSPS) is 13.2. The molecule has 0 radical (unpaired) electrons. The van der Waals surface area contributed by atoms with E-state index < -0.39 is 11.7 Å². The zero-order chi connectivity index (χ0) is 15.5. The van der Waals surface area contributed by atoms with Crippen molar-refractivity contribution >= 4 is 17.5 Å². The fourth-order valence-electron chi connectivity index (χ4n) is 2.30. The zero-order valence-corrected chi connectivity index (χ0v) is 12.3. The summed E-state index contributed by atoms with van der Waals surface area (Å²) >= 11 is 6.06. The van der Waals surface area contributed by atoms with Crippen molar-refractivity contribution in [3.05, 3.63) is 63.9 Å². The Labute approximate surface area is 131 Å². The molecule has 1 heterocycles. The highest BCUT2D eigenvalue weighted by atomic mass is 35.5. The molecule has 6 heteroatoms. The van der Waals surface area contributed by atoms with Crippen molar-refractivity contribution in [1.82, 2.24) is 5.32 Å². The Hall–Kier alpha value is -2.11. The highest BCUT2D eigenvalue weighted by Crippen LogP contribution is 2.31. The largest absolute Gasteiger partial charge is 0.467 e. The summed E-state index contributed by atoms with van der Waals surface area (Å²) in [5.41, 5.74) is 1.56. The van der Waals surface area contributed by atoms with Crippen molar-refractivity contribution in [1.29, 1.82) is 0 Å². The van der Waals surface area contributed by atoms with E-state index in [1.807, 2.05) is 0 Å². The van der Waals surface area contributed by atoms with Gasteiger partial charge in [-0.3, -0.25) is 4.79 Å². The lowest BCUT2D eigenvalue weighted by Gasteiger charge is -2.21. The third-order valence-electron chi connectivity index (χ3n) is 3.31. The summed E-state index contributed by atoms with van der Waals surface area (Å²) in [6, 6.07) is 9.30. The Bertz CT molecular complexity index is 721. The molecule has 1 N–H and O–H groups in total. The van der Waals surface area contributed by atoms with Gasteiger partial charge in [0.1, 0.15) is 11.6 Å². The molecular weight excluding hydrogens is 309 g/mol. The average Bonchev–Trinajstić information content (AvgIpc) is 2.52. The molecule has 0 saturated carbocycles. The lowest BCUT2D eigenvalue weighted by molar-refractivity contribution is -0.0170. The standard InChI is InChI=1S/C16H13ClFNO3/c17-12-5-10(15-11(6-12)8-21-9-22-15)7-19-16(20)13-3-1-2-4-14(13)18/h1-6H,7-9H2,(H,19,20). The lowest BCUT2D eigenvalue weighted by atomic mass is 10.1. The third kappa shape index (κ3) is 3.05. The summed E-state index contributed by atoms with van der Waals surface area (Å²) in [5, 5.41) is 3.21. The van der Waals surface area contributed by atoms with Gasteiger partial charge in [-0.1, -0.05) is 23.7 Å². The molecule has 1 amide bonds. The van der Waals surface area contributed by atoms with Gasteiger partial charge in [-0.25, -0.2) is 4.39 Å². The average molecular weight is 322 g/mol. The minimum atomic E-state index is -0.558. The minimum Gasteiger partial charge on any atom is -0.467 e. The van der Waals surface area contributed by atoms with Gasteiger partial charge in [-0.05, 0) is 24.3 Å². The summed E-state index contributed by atoms with van der Waals surface area (Å²) in [5.74, 6) is -0.388. The van der Waals surface area contributed by atoms with Crippen molar-refractivity contribution in [2.24, 2.45) is 0 Å². The van der Waals surface area contributed by atoms with E-state index in [1.165, 1.54) is 18.2 Å². The predicted octanol–water partition coefficient (Wildman–Crippen LogP) is 3.28. The Kier molecular flexibility index (Phi) is 4.27. The van der Waals surface area contributed by atoms with E-state index in [1.54, 1.807) is 18.2 Å². The van der Waals surface area contributed by atoms with Gasteiger partial charge in [0, 0.05) is 22.7 Å². The van der Waals surface area contributed by atoms with E-state index in [0.29, 0.717) is 17.4 Å². The molecule has 0 bridgehead atoms. The molecule has 2 aromatic carbocycles. The summed E-state index contributed by atoms with van der Waals surface area (Å²) < 4.78 is 24.2. The van der Waals surface area contributed by atoms with Gasteiger partial charge in [-0.2, -0.15) is 0 Å². The maximum absolute atomic E-state index is 13.6. The lowest BCUT2D eigenvalue weighted by Crippen LogP contribution is -2.25. The number of rotatable bonds is 3. The SMILES string of the molecule is O=C(NCc1cc(Cl)cc2c1OCOC2)c1ccccc1F. The number of fused-ring (bicyclic) bond motifs is 1.